The maximum atomic E-state index is 12.1. The van der Waals surface area contributed by atoms with Crippen LogP contribution >= 0.6 is 0 Å². The number of rotatable bonds is 4. The number of nitro benzene ring substituents is 1. The zero-order valence-electron chi connectivity index (χ0n) is 14.7. The Bertz CT molecular complexity index is 819. The number of aryl methyl sites for hydroxylation is 1. The predicted octanol–water partition coefficient (Wildman–Crippen LogP) is 3.96. The van der Waals surface area contributed by atoms with E-state index >= 15 is 0 Å². The maximum absolute atomic E-state index is 12.1. The molecule has 0 saturated carbocycles. The minimum Gasteiger partial charge on any atom is -0.267 e. The largest absolute Gasteiger partial charge is 0.272 e. The number of hydrogen-bond donors (Lipinski definition) is 1. The molecular weight excluding hydrogens is 318 g/mol. The van der Waals surface area contributed by atoms with Crippen LogP contribution in [0, 0.1) is 17.0 Å². The van der Waals surface area contributed by atoms with Crippen LogP contribution < -0.4 is 5.43 Å². The molecule has 1 amide bonds. The van der Waals surface area contributed by atoms with Gasteiger partial charge in [0.05, 0.1) is 11.1 Å². The fourth-order valence-electron chi connectivity index (χ4n) is 2.26. The Morgan fingerprint density at radius 2 is 1.80 bits per heavy atom. The number of carbonyl (C=O) groups is 1. The third-order valence-electron chi connectivity index (χ3n) is 3.82. The van der Waals surface area contributed by atoms with Gasteiger partial charge in [0.1, 0.15) is 0 Å². The summed E-state index contributed by atoms with van der Waals surface area (Å²) in [6.45, 7) is 7.98. The third kappa shape index (κ3) is 4.73. The Morgan fingerprint density at radius 1 is 1.16 bits per heavy atom. The third-order valence-corrected chi connectivity index (χ3v) is 3.82. The van der Waals surface area contributed by atoms with E-state index < -0.39 is 4.92 Å². The summed E-state index contributed by atoms with van der Waals surface area (Å²) in [6.07, 6.45) is 1.38. The molecule has 25 heavy (non-hydrogen) atoms. The zero-order chi connectivity index (χ0) is 18.6. The molecule has 2 aromatic carbocycles. The lowest BCUT2D eigenvalue weighted by atomic mass is 9.87. The number of amides is 1. The van der Waals surface area contributed by atoms with Crippen molar-refractivity contribution in [3.63, 3.8) is 0 Å². The molecule has 6 nitrogen and oxygen atoms in total. The molecule has 130 valence electrons. The summed E-state index contributed by atoms with van der Waals surface area (Å²) in [4.78, 5) is 22.6. The number of benzene rings is 2. The van der Waals surface area contributed by atoms with Gasteiger partial charge in [-0.1, -0.05) is 45.0 Å². The van der Waals surface area contributed by atoms with Crippen molar-refractivity contribution in [1.82, 2.24) is 5.43 Å². The Morgan fingerprint density at radius 3 is 2.36 bits per heavy atom. The lowest BCUT2D eigenvalue weighted by Gasteiger charge is -2.18. The smallest absolute Gasteiger partial charge is 0.267 e. The molecule has 2 rings (SSSR count). The van der Waals surface area contributed by atoms with Gasteiger partial charge in [-0.2, -0.15) is 5.10 Å². The summed E-state index contributed by atoms with van der Waals surface area (Å²) in [5, 5.41) is 14.8. The highest BCUT2D eigenvalue weighted by Crippen LogP contribution is 2.22. The molecule has 0 aliphatic rings. The highest BCUT2D eigenvalue weighted by molar-refractivity contribution is 5.95. The summed E-state index contributed by atoms with van der Waals surface area (Å²) >= 11 is 0. The summed E-state index contributed by atoms with van der Waals surface area (Å²) < 4.78 is 0. The van der Waals surface area contributed by atoms with Crippen molar-refractivity contribution in [3.05, 3.63) is 74.8 Å². The zero-order valence-corrected chi connectivity index (χ0v) is 14.7. The van der Waals surface area contributed by atoms with Gasteiger partial charge in [0, 0.05) is 22.8 Å². The lowest BCUT2D eigenvalue weighted by Crippen LogP contribution is -2.18. The average molecular weight is 339 g/mol. The molecule has 2 aromatic rings. The van der Waals surface area contributed by atoms with Crippen molar-refractivity contribution in [3.8, 4) is 0 Å². The van der Waals surface area contributed by atoms with Gasteiger partial charge in [0.2, 0.25) is 0 Å². The second-order valence-electron chi connectivity index (χ2n) is 6.83. The van der Waals surface area contributed by atoms with E-state index in [1.807, 2.05) is 12.1 Å². The van der Waals surface area contributed by atoms with Crippen molar-refractivity contribution >= 4 is 17.8 Å². The SMILES string of the molecule is Cc1ccc(/C=N\NC(=O)c2ccc(C(C)(C)C)cc2)cc1[N+](=O)[O-]. The summed E-state index contributed by atoms with van der Waals surface area (Å²) in [6, 6.07) is 12.1. The van der Waals surface area contributed by atoms with E-state index in [0.29, 0.717) is 16.7 Å². The van der Waals surface area contributed by atoms with Crippen molar-refractivity contribution in [1.29, 1.82) is 0 Å². The second-order valence-corrected chi connectivity index (χ2v) is 6.83. The molecule has 0 fully saturated rings. The molecular formula is C19H21N3O3. The average Bonchev–Trinajstić information content (AvgIpc) is 2.55. The monoisotopic (exact) mass is 339 g/mol. The van der Waals surface area contributed by atoms with Crippen LogP contribution in [0.1, 0.15) is 47.8 Å². The number of hydrogen-bond acceptors (Lipinski definition) is 4. The number of carbonyl (C=O) groups excluding carboxylic acids is 1. The van der Waals surface area contributed by atoms with E-state index in [9.17, 15) is 14.9 Å². The van der Waals surface area contributed by atoms with Crippen LogP contribution in [0.3, 0.4) is 0 Å². The fourth-order valence-corrected chi connectivity index (χ4v) is 2.26. The van der Waals surface area contributed by atoms with Crippen LogP contribution in [0.5, 0.6) is 0 Å². The molecule has 0 radical (unpaired) electrons. The van der Waals surface area contributed by atoms with Crippen LogP contribution in [0.15, 0.2) is 47.6 Å². The van der Waals surface area contributed by atoms with Crippen molar-refractivity contribution < 1.29 is 9.72 Å². The molecule has 0 spiro atoms. The van der Waals surface area contributed by atoms with E-state index in [2.05, 4.69) is 31.3 Å². The number of nitro groups is 1. The molecule has 0 saturated heterocycles. The Kier molecular flexibility index (Phi) is 5.32. The molecule has 1 N–H and O–H groups in total. The van der Waals surface area contributed by atoms with Gasteiger partial charge in [-0.15, -0.1) is 0 Å². The molecule has 6 heteroatoms. The second kappa shape index (κ2) is 7.25. The lowest BCUT2D eigenvalue weighted by molar-refractivity contribution is -0.385. The molecule has 0 unspecified atom stereocenters. The first-order chi connectivity index (χ1) is 11.7. The van der Waals surface area contributed by atoms with Gasteiger partial charge in [-0.05, 0) is 30.0 Å². The highest BCUT2D eigenvalue weighted by atomic mass is 16.6. The quantitative estimate of drug-likeness (QED) is 0.520. The molecule has 0 aliphatic heterocycles. The van der Waals surface area contributed by atoms with Crippen LogP contribution in [-0.4, -0.2) is 17.0 Å². The Hall–Kier alpha value is -3.02. The molecule has 0 aromatic heterocycles. The molecule has 0 atom stereocenters. The van der Waals surface area contributed by atoms with Crippen molar-refractivity contribution in [2.24, 2.45) is 5.10 Å². The summed E-state index contributed by atoms with van der Waals surface area (Å²) in [7, 11) is 0. The standard InChI is InChI=1S/C19H21N3O3/c1-13-5-6-14(11-17(13)22(24)25)12-20-21-18(23)15-7-9-16(10-8-15)19(2,3)4/h5-12H,1-4H3,(H,21,23)/b20-12-. The number of nitrogens with zero attached hydrogens (tertiary/aromatic N) is 2. The topological polar surface area (TPSA) is 84.6 Å². The first-order valence-corrected chi connectivity index (χ1v) is 7.87. The number of hydrazone groups is 1. The van der Waals surface area contributed by atoms with Gasteiger partial charge in [-0.3, -0.25) is 14.9 Å². The summed E-state index contributed by atoms with van der Waals surface area (Å²) in [5.41, 5.74) is 5.23. The minimum atomic E-state index is -0.442. The van der Waals surface area contributed by atoms with Gasteiger partial charge in [0.25, 0.3) is 11.6 Å². The summed E-state index contributed by atoms with van der Waals surface area (Å²) in [5.74, 6) is -0.335. The van der Waals surface area contributed by atoms with Crippen molar-refractivity contribution in [2.45, 2.75) is 33.1 Å². The van der Waals surface area contributed by atoms with Gasteiger partial charge in [-0.25, -0.2) is 5.43 Å². The predicted molar refractivity (Wildman–Crippen MR) is 98.0 cm³/mol. The van der Waals surface area contributed by atoms with Gasteiger partial charge in [0.15, 0.2) is 0 Å². The first-order valence-electron chi connectivity index (χ1n) is 7.87. The van der Waals surface area contributed by atoms with Crippen LogP contribution in [0.2, 0.25) is 0 Å². The normalized spacial score (nSPS) is 11.5. The van der Waals surface area contributed by atoms with Crippen LogP contribution in [0.25, 0.3) is 0 Å². The maximum Gasteiger partial charge on any atom is 0.272 e. The molecule has 0 bridgehead atoms. The van der Waals surface area contributed by atoms with E-state index in [-0.39, 0.29) is 17.0 Å². The first kappa shape index (κ1) is 18.3. The van der Waals surface area contributed by atoms with E-state index in [4.69, 9.17) is 0 Å². The molecule has 0 aliphatic carbocycles. The van der Waals surface area contributed by atoms with Gasteiger partial charge < -0.3 is 0 Å². The van der Waals surface area contributed by atoms with E-state index in [0.717, 1.165) is 5.56 Å². The van der Waals surface area contributed by atoms with Crippen molar-refractivity contribution in [2.75, 3.05) is 0 Å². The van der Waals surface area contributed by atoms with E-state index in [1.54, 1.807) is 31.2 Å². The van der Waals surface area contributed by atoms with Gasteiger partial charge >= 0.3 is 0 Å². The Labute approximate surface area is 146 Å². The minimum absolute atomic E-state index is 0.0211. The molecule has 0 heterocycles. The highest BCUT2D eigenvalue weighted by Gasteiger charge is 2.14. The fraction of sp³-hybridized carbons (Fsp3) is 0.263. The van der Waals surface area contributed by atoms with Crippen LogP contribution in [0.4, 0.5) is 5.69 Å². The number of nitrogens with one attached hydrogen (secondary N) is 1. The Balaban J connectivity index is 2.06. The van der Waals surface area contributed by atoms with Crippen LogP contribution in [-0.2, 0) is 5.41 Å². The van der Waals surface area contributed by atoms with E-state index in [1.165, 1.54) is 12.3 Å².